The fourth-order valence-corrected chi connectivity index (χ4v) is 5.06. The number of carbonyl (C=O) groups is 4. The monoisotopic (exact) mass is 407 g/mol. The van der Waals surface area contributed by atoms with Crippen molar-refractivity contribution in [3.8, 4) is 0 Å². The molecule has 4 rings (SSSR count). The summed E-state index contributed by atoms with van der Waals surface area (Å²) in [5.41, 5.74) is 4.99. The Morgan fingerprint density at radius 1 is 1.36 bits per heavy atom. The minimum atomic E-state index is -1.36. The van der Waals surface area contributed by atoms with Gasteiger partial charge in [0, 0.05) is 12.7 Å². The summed E-state index contributed by atoms with van der Waals surface area (Å²) >= 11 is 6.24. The maximum atomic E-state index is 13.2. The number of benzene rings is 1. The zero-order valence-electron chi connectivity index (χ0n) is 15.1. The Kier molecular flexibility index (Phi) is 4.40. The molecular formula is C18H20ClN4O5+. The highest BCUT2D eigenvalue weighted by Crippen LogP contribution is 2.50. The Morgan fingerprint density at radius 3 is 2.79 bits per heavy atom. The van der Waals surface area contributed by atoms with Gasteiger partial charge in [-0.15, -0.1) is 0 Å². The molecule has 0 saturated carbocycles. The van der Waals surface area contributed by atoms with Crippen molar-refractivity contribution in [1.29, 1.82) is 0 Å². The number of primary amides is 1. The summed E-state index contributed by atoms with van der Waals surface area (Å²) in [7, 11) is 1.47. The highest BCUT2D eigenvalue weighted by atomic mass is 35.5. The molecule has 3 heterocycles. The number of quaternary nitrogens is 1. The van der Waals surface area contributed by atoms with E-state index in [1.807, 2.05) is 0 Å². The summed E-state index contributed by atoms with van der Waals surface area (Å²) in [6, 6.07) is 4.42. The maximum Gasteiger partial charge on any atom is 0.291 e. The molecule has 0 aromatic heterocycles. The van der Waals surface area contributed by atoms with E-state index in [1.54, 1.807) is 23.5 Å². The number of methoxy groups -OCH3 is 1. The van der Waals surface area contributed by atoms with Gasteiger partial charge in [0.05, 0.1) is 30.3 Å². The van der Waals surface area contributed by atoms with Crippen molar-refractivity contribution < 1.29 is 29.2 Å². The predicted molar refractivity (Wildman–Crippen MR) is 96.9 cm³/mol. The van der Waals surface area contributed by atoms with Gasteiger partial charge in [0.2, 0.25) is 23.3 Å². The van der Waals surface area contributed by atoms with Gasteiger partial charge >= 0.3 is 0 Å². The van der Waals surface area contributed by atoms with E-state index in [0.29, 0.717) is 16.3 Å². The molecule has 1 aromatic rings. The second-order valence-corrected chi connectivity index (χ2v) is 7.72. The SMILES string of the molecule is COCCN1C(=O)[C@@H]2[C@H](CC(N)=O)[NH2+][C@]3(C(=O)Nc4c(Cl)cccc43)[C@@H]2C1=O. The molecule has 10 heteroatoms. The van der Waals surface area contributed by atoms with Crippen LogP contribution in [0.1, 0.15) is 12.0 Å². The second kappa shape index (κ2) is 6.54. The van der Waals surface area contributed by atoms with Crippen LogP contribution in [0.15, 0.2) is 18.2 Å². The molecule has 28 heavy (non-hydrogen) atoms. The quantitative estimate of drug-likeness (QED) is 0.513. The van der Waals surface area contributed by atoms with Gasteiger partial charge in [0.25, 0.3) is 5.91 Å². The normalized spacial score (nSPS) is 30.7. The number of rotatable bonds is 5. The third kappa shape index (κ3) is 2.40. The van der Waals surface area contributed by atoms with Gasteiger partial charge in [0.1, 0.15) is 17.9 Å². The Balaban J connectivity index is 1.85. The number of nitrogens with two attached hydrogens (primary N) is 2. The largest absolute Gasteiger partial charge is 0.383 e. The van der Waals surface area contributed by atoms with E-state index in [9.17, 15) is 19.2 Å². The highest BCUT2D eigenvalue weighted by Gasteiger charge is 2.74. The molecule has 1 spiro atoms. The van der Waals surface area contributed by atoms with Crippen LogP contribution < -0.4 is 16.4 Å². The van der Waals surface area contributed by atoms with Gasteiger partial charge in [-0.1, -0.05) is 17.7 Å². The van der Waals surface area contributed by atoms with Crippen molar-refractivity contribution in [3.05, 3.63) is 28.8 Å². The summed E-state index contributed by atoms with van der Waals surface area (Å²) in [5.74, 6) is -3.65. The van der Waals surface area contributed by atoms with Gasteiger partial charge in [-0.3, -0.25) is 24.1 Å². The summed E-state index contributed by atoms with van der Waals surface area (Å²) in [4.78, 5) is 52.2. The zero-order chi connectivity index (χ0) is 20.2. The summed E-state index contributed by atoms with van der Waals surface area (Å²) < 4.78 is 5.00. The fraction of sp³-hybridized carbons (Fsp3) is 0.444. The van der Waals surface area contributed by atoms with Crippen molar-refractivity contribution in [3.63, 3.8) is 0 Å². The molecule has 0 aliphatic carbocycles. The molecule has 148 valence electrons. The predicted octanol–water partition coefficient (Wildman–Crippen LogP) is -1.44. The first-order chi connectivity index (χ1) is 13.3. The first-order valence-corrected chi connectivity index (χ1v) is 9.29. The summed E-state index contributed by atoms with van der Waals surface area (Å²) in [5, 5.41) is 4.75. The van der Waals surface area contributed by atoms with E-state index >= 15 is 0 Å². The number of halogens is 1. The molecule has 9 nitrogen and oxygen atoms in total. The van der Waals surface area contributed by atoms with Crippen molar-refractivity contribution in [2.45, 2.75) is 18.0 Å². The number of imide groups is 1. The van der Waals surface area contributed by atoms with Gasteiger partial charge in [0.15, 0.2) is 0 Å². The molecule has 4 amide bonds. The Bertz CT molecular complexity index is 906. The van der Waals surface area contributed by atoms with Crippen LogP contribution in [0.4, 0.5) is 5.69 Å². The molecule has 4 atom stereocenters. The maximum absolute atomic E-state index is 13.2. The first kappa shape index (κ1) is 18.9. The van der Waals surface area contributed by atoms with Gasteiger partial charge < -0.3 is 21.1 Å². The van der Waals surface area contributed by atoms with Crippen LogP contribution in [0.5, 0.6) is 0 Å². The van der Waals surface area contributed by atoms with Gasteiger partial charge in [-0.25, -0.2) is 0 Å². The van der Waals surface area contributed by atoms with Crippen LogP contribution in [0.3, 0.4) is 0 Å². The average molecular weight is 408 g/mol. The lowest BCUT2D eigenvalue weighted by atomic mass is 9.76. The average Bonchev–Trinajstić information content (AvgIpc) is 3.20. The summed E-state index contributed by atoms with van der Waals surface area (Å²) in [6.07, 6.45) is -0.122. The van der Waals surface area contributed by atoms with Crippen molar-refractivity contribution >= 4 is 40.9 Å². The lowest BCUT2D eigenvalue weighted by molar-refractivity contribution is -0.732. The molecule has 2 fully saturated rings. The van der Waals surface area contributed by atoms with Crippen LogP contribution in [0.2, 0.25) is 5.02 Å². The molecule has 2 saturated heterocycles. The number of hydrogen-bond acceptors (Lipinski definition) is 5. The van der Waals surface area contributed by atoms with Crippen LogP contribution in [-0.2, 0) is 29.5 Å². The molecule has 3 aliphatic rings. The van der Waals surface area contributed by atoms with Gasteiger partial charge in [-0.2, -0.15) is 0 Å². The molecule has 1 aromatic carbocycles. The Hall–Kier alpha value is -2.49. The van der Waals surface area contributed by atoms with Crippen molar-refractivity contribution in [2.24, 2.45) is 17.6 Å². The van der Waals surface area contributed by atoms with E-state index in [2.05, 4.69) is 5.32 Å². The minimum Gasteiger partial charge on any atom is -0.383 e. The van der Waals surface area contributed by atoms with E-state index in [1.165, 1.54) is 7.11 Å². The minimum absolute atomic E-state index is 0.0879. The van der Waals surface area contributed by atoms with Gasteiger partial charge in [-0.05, 0) is 12.1 Å². The number of anilines is 1. The zero-order valence-corrected chi connectivity index (χ0v) is 15.9. The van der Waals surface area contributed by atoms with Crippen LogP contribution in [-0.4, -0.2) is 54.8 Å². The van der Waals surface area contributed by atoms with E-state index < -0.39 is 47.0 Å². The number of carbonyl (C=O) groups excluding carboxylic acids is 4. The number of likely N-dealkylation sites (tertiary alicyclic amines) is 1. The second-order valence-electron chi connectivity index (χ2n) is 7.31. The van der Waals surface area contributed by atoms with Crippen molar-refractivity contribution in [1.82, 2.24) is 4.90 Å². The number of fused-ring (bicyclic) bond motifs is 4. The van der Waals surface area contributed by atoms with E-state index in [0.717, 1.165) is 4.90 Å². The molecule has 0 radical (unpaired) electrons. The Labute approximate surface area is 165 Å². The molecule has 3 aliphatic heterocycles. The third-order valence-corrected chi connectivity index (χ3v) is 6.22. The summed E-state index contributed by atoms with van der Waals surface area (Å²) in [6.45, 7) is 0.271. The van der Waals surface area contributed by atoms with Crippen molar-refractivity contribution in [2.75, 3.05) is 25.6 Å². The highest BCUT2D eigenvalue weighted by molar-refractivity contribution is 6.35. The molecular weight excluding hydrogens is 388 g/mol. The first-order valence-electron chi connectivity index (χ1n) is 8.92. The number of nitrogens with zero attached hydrogens (tertiary/aromatic N) is 1. The molecule has 5 N–H and O–H groups in total. The van der Waals surface area contributed by atoms with Crippen LogP contribution in [0, 0.1) is 11.8 Å². The topological polar surface area (TPSA) is 135 Å². The number of amides is 4. The van der Waals surface area contributed by atoms with E-state index in [-0.39, 0.29) is 19.6 Å². The molecule has 0 unspecified atom stereocenters. The fourth-order valence-electron chi connectivity index (χ4n) is 4.84. The number of ether oxygens (including phenoxy) is 1. The van der Waals surface area contributed by atoms with E-state index in [4.69, 9.17) is 22.1 Å². The lowest BCUT2D eigenvalue weighted by Crippen LogP contribution is -2.99. The lowest BCUT2D eigenvalue weighted by Gasteiger charge is -2.26. The number of hydrogen-bond donors (Lipinski definition) is 3. The third-order valence-electron chi connectivity index (χ3n) is 5.90. The standard InChI is InChI=1S/C18H19ClN4O5/c1-28-6-5-23-15(25)12-10(7-11(20)24)22-18(13(12)16(23)26)8-3-2-4-9(19)14(8)21-17(18)27/h2-4,10,12-13,22H,5-7H2,1H3,(H2,20,24)(H,21,27)/p+1/t10-,12+,13-,18-/m0/s1. The number of nitrogens with one attached hydrogen (secondary N) is 1. The van der Waals surface area contributed by atoms with Crippen LogP contribution in [0.25, 0.3) is 0 Å². The van der Waals surface area contributed by atoms with Crippen LogP contribution >= 0.6 is 11.6 Å². The number of para-hydroxylation sites is 1. The smallest absolute Gasteiger partial charge is 0.291 e. The Morgan fingerprint density at radius 2 is 2.11 bits per heavy atom. The molecule has 0 bridgehead atoms.